The molecule has 3 heterocycles. The van der Waals surface area contributed by atoms with Crippen molar-refractivity contribution in [2.24, 2.45) is 5.92 Å². The lowest BCUT2D eigenvalue weighted by molar-refractivity contribution is -0.0596. The number of hydrogen-bond acceptors (Lipinski definition) is 3. The van der Waals surface area contributed by atoms with Gasteiger partial charge in [0.15, 0.2) is 0 Å². The second-order valence-corrected chi connectivity index (χ2v) is 5.17. The summed E-state index contributed by atoms with van der Waals surface area (Å²) in [7, 11) is 0. The van der Waals surface area contributed by atoms with E-state index in [1.807, 2.05) is 6.20 Å². The molecule has 4 heteroatoms. The van der Waals surface area contributed by atoms with Crippen LogP contribution < -0.4 is 5.32 Å². The number of rotatable bonds is 4. The van der Waals surface area contributed by atoms with Crippen LogP contribution in [0.2, 0.25) is 0 Å². The van der Waals surface area contributed by atoms with Crippen molar-refractivity contribution in [1.82, 2.24) is 14.9 Å². The van der Waals surface area contributed by atoms with Gasteiger partial charge in [0.1, 0.15) is 5.82 Å². The highest BCUT2D eigenvalue weighted by molar-refractivity contribution is 4.96. The second kappa shape index (κ2) is 5.19. The lowest BCUT2D eigenvalue weighted by Gasteiger charge is -2.28. The molecular formula is C13H21N3O. The van der Waals surface area contributed by atoms with Crippen molar-refractivity contribution in [3.63, 3.8) is 0 Å². The van der Waals surface area contributed by atoms with E-state index >= 15 is 0 Å². The Balaban J connectivity index is 1.59. The number of imidazole rings is 1. The van der Waals surface area contributed by atoms with Crippen molar-refractivity contribution in [3.8, 4) is 0 Å². The molecule has 0 unspecified atom stereocenters. The van der Waals surface area contributed by atoms with Crippen molar-refractivity contribution >= 4 is 0 Å². The van der Waals surface area contributed by atoms with Crippen LogP contribution in [-0.4, -0.2) is 35.4 Å². The van der Waals surface area contributed by atoms with E-state index in [1.54, 1.807) is 0 Å². The Bertz CT molecular complexity index is 353. The molecule has 0 aromatic carbocycles. The first-order valence-corrected chi connectivity index (χ1v) is 6.74. The first kappa shape index (κ1) is 11.2. The fourth-order valence-corrected chi connectivity index (χ4v) is 2.69. The molecule has 0 radical (unpaired) electrons. The van der Waals surface area contributed by atoms with Gasteiger partial charge < -0.3 is 14.6 Å². The molecule has 4 nitrogen and oxygen atoms in total. The van der Waals surface area contributed by atoms with E-state index in [2.05, 4.69) is 21.1 Å². The minimum atomic E-state index is 0.427. The normalized spacial score (nSPS) is 25.8. The van der Waals surface area contributed by atoms with E-state index in [-0.39, 0.29) is 0 Å². The molecule has 2 aliphatic rings. The lowest BCUT2D eigenvalue weighted by Crippen LogP contribution is -2.32. The highest BCUT2D eigenvalue weighted by Crippen LogP contribution is 2.19. The van der Waals surface area contributed by atoms with Gasteiger partial charge in [0.25, 0.3) is 0 Å². The van der Waals surface area contributed by atoms with Gasteiger partial charge in [-0.05, 0) is 38.3 Å². The summed E-state index contributed by atoms with van der Waals surface area (Å²) < 4.78 is 7.77. The van der Waals surface area contributed by atoms with Crippen LogP contribution in [0.25, 0.3) is 0 Å². The van der Waals surface area contributed by atoms with Crippen molar-refractivity contribution in [2.45, 2.75) is 38.3 Å². The summed E-state index contributed by atoms with van der Waals surface area (Å²) in [5, 5.41) is 3.41. The van der Waals surface area contributed by atoms with Gasteiger partial charge >= 0.3 is 0 Å². The summed E-state index contributed by atoms with van der Waals surface area (Å²) >= 11 is 0. The van der Waals surface area contributed by atoms with Gasteiger partial charge in [-0.2, -0.15) is 0 Å². The molecule has 1 aromatic rings. The molecule has 3 rings (SSSR count). The average Bonchev–Trinajstić information content (AvgIpc) is 2.72. The Kier molecular flexibility index (Phi) is 3.43. The monoisotopic (exact) mass is 235 g/mol. The van der Waals surface area contributed by atoms with Crippen LogP contribution >= 0.6 is 0 Å². The Morgan fingerprint density at radius 2 is 2.18 bits per heavy atom. The maximum absolute atomic E-state index is 5.49. The van der Waals surface area contributed by atoms with E-state index in [0.29, 0.717) is 6.10 Å². The maximum atomic E-state index is 5.49. The van der Waals surface area contributed by atoms with Crippen LogP contribution in [0.5, 0.6) is 0 Å². The van der Waals surface area contributed by atoms with E-state index in [1.165, 1.54) is 25.1 Å². The number of ether oxygens (including phenoxy) is 1. The third-order valence-corrected chi connectivity index (χ3v) is 3.93. The summed E-state index contributed by atoms with van der Waals surface area (Å²) in [6.07, 6.45) is 9.34. The van der Waals surface area contributed by atoms with Gasteiger partial charge in [0.05, 0.1) is 12.6 Å². The van der Waals surface area contributed by atoms with Gasteiger partial charge in [-0.3, -0.25) is 0 Å². The predicted octanol–water partition coefficient (Wildman–Crippen LogP) is 1.21. The van der Waals surface area contributed by atoms with Crippen molar-refractivity contribution in [1.29, 1.82) is 0 Å². The van der Waals surface area contributed by atoms with Crippen LogP contribution in [0.3, 0.4) is 0 Å². The van der Waals surface area contributed by atoms with Crippen molar-refractivity contribution in [2.75, 3.05) is 19.7 Å². The fraction of sp³-hybridized carbons (Fsp3) is 0.769. The molecule has 94 valence electrons. The molecule has 17 heavy (non-hydrogen) atoms. The average molecular weight is 235 g/mol. The smallest absolute Gasteiger partial charge is 0.108 e. The third kappa shape index (κ3) is 2.69. The maximum Gasteiger partial charge on any atom is 0.108 e. The van der Waals surface area contributed by atoms with Gasteiger partial charge in [0.2, 0.25) is 0 Å². The summed E-state index contributed by atoms with van der Waals surface area (Å²) in [6.45, 7) is 4.25. The molecular weight excluding hydrogens is 214 g/mol. The highest BCUT2D eigenvalue weighted by Gasteiger charge is 2.21. The number of aromatic nitrogens is 2. The molecule has 0 bridgehead atoms. The van der Waals surface area contributed by atoms with Crippen LogP contribution in [0, 0.1) is 5.92 Å². The zero-order valence-electron chi connectivity index (χ0n) is 10.3. The molecule has 1 aromatic heterocycles. The Morgan fingerprint density at radius 3 is 2.88 bits per heavy atom. The van der Waals surface area contributed by atoms with Crippen molar-refractivity contribution < 1.29 is 4.74 Å². The van der Waals surface area contributed by atoms with Gasteiger partial charge in [-0.15, -0.1) is 0 Å². The second-order valence-electron chi connectivity index (χ2n) is 5.17. The number of nitrogens with zero attached hydrogens (tertiary/aromatic N) is 2. The highest BCUT2D eigenvalue weighted by atomic mass is 16.5. The van der Waals surface area contributed by atoms with Crippen LogP contribution in [-0.2, 0) is 17.7 Å². The van der Waals surface area contributed by atoms with Crippen molar-refractivity contribution in [3.05, 3.63) is 18.2 Å². The van der Waals surface area contributed by atoms with Crippen LogP contribution in [0.1, 0.15) is 25.1 Å². The quantitative estimate of drug-likeness (QED) is 0.852. The Morgan fingerprint density at radius 1 is 1.35 bits per heavy atom. The Labute approximate surface area is 102 Å². The van der Waals surface area contributed by atoms with E-state index in [4.69, 9.17) is 4.74 Å². The molecule has 1 atom stereocenters. The van der Waals surface area contributed by atoms with E-state index < -0.39 is 0 Å². The molecule has 2 fully saturated rings. The third-order valence-electron chi connectivity index (χ3n) is 3.93. The molecule has 0 aliphatic carbocycles. The minimum Gasteiger partial charge on any atom is -0.376 e. The van der Waals surface area contributed by atoms with E-state index in [0.717, 1.165) is 38.6 Å². The standard InChI is InChI=1S/C13H21N3O/c1-4-14-5-2-11(1)9-13-15-6-7-16(13)10-12-3-8-17-12/h6-7,11-12,14H,1-5,8-10H2/t12-/m0/s1. The topological polar surface area (TPSA) is 39.1 Å². The molecule has 0 spiro atoms. The summed E-state index contributed by atoms with van der Waals surface area (Å²) in [4.78, 5) is 4.51. The summed E-state index contributed by atoms with van der Waals surface area (Å²) in [6, 6.07) is 0. The number of piperidine rings is 1. The first-order chi connectivity index (χ1) is 8.42. The fourth-order valence-electron chi connectivity index (χ4n) is 2.69. The van der Waals surface area contributed by atoms with E-state index in [9.17, 15) is 0 Å². The largest absolute Gasteiger partial charge is 0.376 e. The molecule has 2 aliphatic heterocycles. The zero-order valence-corrected chi connectivity index (χ0v) is 10.3. The van der Waals surface area contributed by atoms with Gasteiger partial charge in [-0.1, -0.05) is 0 Å². The molecule has 0 amide bonds. The molecule has 1 N–H and O–H groups in total. The first-order valence-electron chi connectivity index (χ1n) is 6.74. The molecule has 0 saturated carbocycles. The lowest BCUT2D eigenvalue weighted by atomic mass is 9.94. The SMILES string of the molecule is c1cn(C[C@@H]2CCO2)c(CC2CCNCC2)n1. The zero-order chi connectivity index (χ0) is 11.5. The Hall–Kier alpha value is -0.870. The predicted molar refractivity (Wildman–Crippen MR) is 65.9 cm³/mol. The summed E-state index contributed by atoms with van der Waals surface area (Å²) in [5.41, 5.74) is 0. The number of nitrogens with one attached hydrogen (secondary N) is 1. The van der Waals surface area contributed by atoms with Crippen LogP contribution in [0.4, 0.5) is 0 Å². The minimum absolute atomic E-state index is 0.427. The van der Waals surface area contributed by atoms with Gasteiger partial charge in [-0.25, -0.2) is 4.98 Å². The summed E-state index contributed by atoms with van der Waals surface area (Å²) in [5.74, 6) is 2.05. The van der Waals surface area contributed by atoms with Crippen LogP contribution in [0.15, 0.2) is 12.4 Å². The number of hydrogen-bond donors (Lipinski definition) is 1. The molecule has 2 saturated heterocycles. The van der Waals surface area contributed by atoms with Gasteiger partial charge in [0, 0.05) is 25.4 Å².